The van der Waals surface area contributed by atoms with Crippen molar-refractivity contribution in [3.05, 3.63) is 22.4 Å². The Bertz CT molecular complexity index is 491. The molecule has 130 valence electrons. The molecule has 0 saturated carbocycles. The molecular weight excluding hydrogens is 308 g/mol. The van der Waals surface area contributed by atoms with Gasteiger partial charge in [-0.3, -0.25) is 9.79 Å². The van der Waals surface area contributed by atoms with Crippen LogP contribution in [0.15, 0.2) is 22.5 Å². The number of hydrogen-bond acceptors (Lipinski definition) is 3. The van der Waals surface area contributed by atoms with E-state index in [-0.39, 0.29) is 11.3 Å². The van der Waals surface area contributed by atoms with Gasteiger partial charge in [0.25, 0.3) is 0 Å². The van der Waals surface area contributed by atoms with E-state index in [2.05, 4.69) is 45.4 Å². The Hall–Kier alpha value is -1.56. The highest BCUT2D eigenvalue weighted by atomic mass is 32.1. The number of rotatable bonds is 7. The minimum atomic E-state index is -0.352. The lowest BCUT2D eigenvalue weighted by atomic mass is 9.96. The van der Waals surface area contributed by atoms with Gasteiger partial charge in [-0.1, -0.05) is 33.8 Å². The van der Waals surface area contributed by atoms with Crippen molar-refractivity contribution >= 4 is 23.2 Å². The second-order valence-corrected chi connectivity index (χ2v) is 7.55. The summed E-state index contributed by atoms with van der Waals surface area (Å²) in [5.74, 6) is 1.26. The first kappa shape index (κ1) is 19.5. The zero-order chi connectivity index (χ0) is 17.3. The van der Waals surface area contributed by atoms with Gasteiger partial charge in [0.1, 0.15) is 0 Å². The maximum absolute atomic E-state index is 11.8. The molecule has 1 atom stereocenters. The zero-order valence-electron chi connectivity index (χ0n) is 14.9. The van der Waals surface area contributed by atoms with Gasteiger partial charge in [0.2, 0.25) is 5.91 Å². The summed E-state index contributed by atoms with van der Waals surface area (Å²) in [4.78, 5) is 17.8. The number of guanidine groups is 1. The fourth-order valence-electron chi connectivity index (χ4n) is 1.85. The predicted molar refractivity (Wildman–Crippen MR) is 99.2 cm³/mol. The van der Waals surface area contributed by atoms with Gasteiger partial charge in [0.15, 0.2) is 5.96 Å². The molecule has 0 aliphatic carbocycles. The molecule has 1 amide bonds. The van der Waals surface area contributed by atoms with Gasteiger partial charge in [-0.2, -0.15) is 0 Å². The van der Waals surface area contributed by atoms with E-state index < -0.39 is 0 Å². The van der Waals surface area contributed by atoms with Crippen LogP contribution in [0.25, 0.3) is 0 Å². The van der Waals surface area contributed by atoms with E-state index in [1.54, 1.807) is 11.3 Å². The van der Waals surface area contributed by atoms with Gasteiger partial charge in [-0.25, -0.2) is 0 Å². The summed E-state index contributed by atoms with van der Waals surface area (Å²) in [5.41, 5.74) is -0.352. The van der Waals surface area contributed by atoms with Gasteiger partial charge < -0.3 is 16.0 Å². The third-order valence-corrected chi connectivity index (χ3v) is 4.38. The monoisotopic (exact) mass is 338 g/mol. The van der Waals surface area contributed by atoms with Crippen LogP contribution < -0.4 is 16.0 Å². The van der Waals surface area contributed by atoms with E-state index >= 15 is 0 Å². The minimum absolute atomic E-state index is 0.0626. The molecular formula is C17H30N4OS. The fraction of sp³-hybridized carbons (Fsp3) is 0.647. The molecule has 1 aromatic heterocycles. The molecule has 0 spiro atoms. The van der Waals surface area contributed by atoms with E-state index in [1.807, 2.05) is 27.7 Å². The van der Waals surface area contributed by atoms with E-state index in [1.165, 1.54) is 4.88 Å². The molecule has 1 rings (SSSR count). The number of hydrogen-bond donors (Lipinski definition) is 3. The maximum atomic E-state index is 11.8. The Morgan fingerprint density at radius 1 is 1.26 bits per heavy atom. The van der Waals surface area contributed by atoms with Crippen molar-refractivity contribution < 1.29 is 4.79 Å². The summed E-state index contributed by atoms with van der Waals surface area (Å²) in [5, 5.41) is 11.5. The number of amides is 1. The number of aliphatic imine (C=N–C) groups is 1. The Morgan fingerprint density at radius 2 is 1.96 bits per heavy atom. The third-order valence-electron chi connectivity index (χ3n) is 3.28. The summed E-state index contributed by atoms with van der Waals surface area (Å²) in [7, 11) is 0. The van der Waals surface area contributed by atoms with E-state index in [0.29, 0.717) is 19.0 Å². The average molecular weight is 339 g/mol. The molecule has 6 heteroatoms. The quantitative estimate of drug-likeness (QED) is 0.407. The summed E-state index contributed by atoms with van der Waals surface area (Å²) >= 11 is 1.77. The number of carbonyl (C=O) groups excluding carboxylic acids is 1. The molecule has 0 radical (unpaired) electrons. The molecule has 0 aromatic carbocycles. The van der Waals surface area contributed by atoms with Gasteiger partial charge in [0, 0.05) is 35.8 Å². The van der Waals surface area contributed by atoms with Crippen LogP contribution >= 0.6 is 11.3 Å². The largest absolute Gasteiger partial charge is 0.357 e. The molecule has 0 bridgehead atoms. The van der Waals surface area contributed by atoms with Crippen LogP contribution in [0.1, 0.15) is 45.4 Å². The molecule has 0 fully saturated rings. The SMILES string of the molecule is CCNC(=NCC(C)c1cccs1)NCCNC(=O)C(C)(C)C. The van der Waals surface area contributed by atoms with Crippen LogP contribution in [-0.4, -0.2) is 38.0 Å². The predicted octanol–water partition coefficient (Wildman–Crippen LogP) is 2.57. The standard InChI is InChI=1S/C17H30N4OS/c1-6-18-16(20-10-9-19-15(22)17(3,4)5)21-12-13(2)14-8-7-11-23-14/h7-8,11,13H,6,9-10,12H2,1-5H3,(H,19,22)(H2,18,20,21). The lowest BCUT2D eigenvalue weighted by Crippen LogP contribution is -2.43. The van der Waals surface area contributed by atoms with Crippen LogP contribution in [0.3, 0.4) is 0 Å². The molecule has 1 aromatic rings. The first-order chi connectivity index (χ1) is 10.8. The van der Waals surface area contributed by atoms with Crippen LogP contribution in [-0.2, 0) is 4.79 Å². The molecule has 23 heavy (non-hydrogen) atoms. The molecule has 0 saturated heterocycles. The van der Waals surface area contributed by atoms with Gasteiger partial charge >= 0.3 is 0 Å². The maximum Gasteiger partial charge on any atom is 0.225 e. The average Bonchev–Trinajstić information content (AvgIpc) is 3.01. The zero-order valence-corrected chi connectivity index (χ0v) is 15.7. The third kappa shape index (κ3) is 7.50. The molecule has 0 aliphatic heterocycles. The second kappa shape index (κ2) is 9.55. The smallest absolute Gasteiger partial charge is 0.225 e. The molecule has 1 heterocycles. The normalized spacial score (nSPS) is 13.5. The highest BCUT2D eigenvalue weighted by Crippen LogP contribution is 2.20. The Kier molecular flexibility index (Phi) is 8.09. The first-order valence-electron chi connectivity index (χ1n) is 8.18. The van der Waals surface area contributed by atoms with E-state index in [0.717, 1.165) is 19.0 Å². The lowest BCUT2D eigenvalue weighted by molar-refractivity contribution is -0.128. The van der Waals surface area contributed by atoms with Crippen LogP contribution in [0, 0.1) is 5.41 Å². The van der Waals surface area contributed by atoms with Crippen LogP contribution in [0.2, 0.25) is 0 Å². The Morgan fingerprint density at radius 3 is 2.52 bits per heavy atom. The van der Waals surface area contributed by atoms with Crippen molar-refractivity contribution in [3.63, 3.8) is 0 Å². The number of thiophene rings is 1. The number of nitrogens with zero attached hydrogens (tertiary/aromatic N) is 1. The topological polar surface area (TPSA) is 65.5 Å². The van der Waals surface area contributed by atoms with Gasteiger partial charge in [0.05, 0.1) is 6.54 Å². The van der Waals surface area contributed by atoms with Crippen molar-refractivity contribution in [2.45, 2.75) is 40.5 Å². The molecule has 5 nitrogen and oxygen atoms in total. The number of nitrogens with one attached hydrogen (secondary N) is 3. The van der Waals surface area contributed by atoms with Crippen LogP contribution in [0.4, 0.5) is 0 Å². The van der Waals surface area contributed by atoms with E-state index in [4.69, 9.17) is 0 Å². The summed E-state index contributed by atoms with van der Waals surface area (Å²) in [6.45, 7) is 12.7. The fourth-order valence-corrected chi connectivity index (χ4v) is 2.63. The van der Waals surface area contributed by atoms with Crippen molar-refractivity contribution in [3.8, 4) is 0 Å². The van der Waals surface area contributed by atoms with Gasteiger partial charge in [-0.15, -0.1) is 11.3 Å². The summed E-state index contributed by atoms with van der Waals surface area (Å²) in [6, 6.07) is 4.22. The highest BCUT2D eigenvalue weighted by molar-refractivity contribution is 7.10. The summed E-state index contributed by atoms with van der Waals surface area (Å²) < 4.78 is 0. The highest BCUT2D eigenvalue weighted by Gasteiger charge is 2.20. The number of carbonyl (C=O) groups is 1. The Labute approximate surface area is 144 Å². The van der Waals surface area contributed by atoms with Crippen molar-refractivity contribution in [2.75, 3.05) is 26.2 Å². The summed E-state index contributed by atoms with van der Waals surface area (Å²) in [6.07, 6.45) is 0. The van der Waals surface area contributed by atoms with Crippen molar-refractivity contribution in [1.29, 1.82) is 0 Å². The van der Waals surface area contributed by atoms with Crippen molar-refractivity contribution in [2.24, 2.45) is 10.4 Å². The first-order valence-corrected chi connectivity index (χ1v) is 9.06. The van der Waals surface area contributed by atoms with Gasteiger partial charge in [-0.05, 0) is 18.4 Å². The van der Waals surface area contributed by atoms with Crippen molar-refractivity contribution in [1.82, 2.24) is 16.0 Å². The minimum Gasteiger partial charge on any atom is -0.357 e. The molecule has 1 unspecified atom stereocenters. The molecule has 3 N–H and O–H groups in total. The lowest BCUT2D eigenvalue weighted by Gasteiger charge is -2.18. The van der Waals surface area contributed by atoms with Crippen LogP contribution in [0.5, 0.6) is 0 Å². The van der Waals surface area contributed by atoms with E-state index in [9.17, 15) is 4.79 Å². The Balaban J connectivity index is 2.39. The molecule has 0 aliphatic rings. The second-order valence-electron chi connectivity index (χ2n) is 6.57.